The van der Waals surface area contributed by atoms with Gasteiger partial charge in [0.25, 0.3) is 0 Å². The number of ether oxygens (including phenoxy) is 4. The van der Waals surface area contributed by atoms with Crippen LogP contribution >= 0.6 is 31.9 Å². The molecule has 2 heterocycles. The summed E-state index contributed by atoms with van der Waals surface area (Å²) in [5, 5.41) is 30.4. The summed E-state index contributed by atoms with van der Waals surface area (Å²) in [7, 11) is 0. The lowest BCUT2D eigenvalue weighted by molar-refractivity contribution is -0.293. The number of carbonyl (C=O) groups excluding carboxylic acids is 1. The SMILES string of the molecule is C[C@H]1O[C@@H](O[C@@H]2[C@@H](Br)[C@H](O)O[C@H](C)[C@H]2OC(=O)c2ccccc2)[C@H](Br)[C@@H](O)[C@@H]1O. The van der Waals surface area contributed by atoms with E-state index in [-0.39, 0.29) is 0 Å². The Morgan fingerprint density at radius 3 is 2.24 bits per heavy atom. The molecule has 2 fully saturated rings. The van der Waals surface area contributed by atoms with E-state index in [0.29, 0.717) is 5.56 Å². The van der Waals surface area contributed by atoms with E-state index in [0.717, 1.165) is 0 Å². The highest BCUT2D eigenvalue weighted by atomic mass is 79.9. The number of hydrogen-bond donors (Lipinski definition) is 3. The number of hydrogen-bond acceptors (Lipinski definition) is 8. The summed E-state index contributed by atoms with van der Waals surface area (Å²) in [6.45, 7) is 3.28. The molecule has 0 spiro atoms. The molecule has 0 radical (unpaired) electrons. The molecule has 2 aliphatic heterocycles. The Morgan fingerprint density at radius 2 is 1.59 bits per heavy atom. The smallest absolute Gasteiger partial charge is 0.338 e. The Morgan fingerprint density at radius 1 is 0.931 bits per heavy atom. The molecule has 0 bridgehead atoms. The van der Waals surface area contributed by atoms with E-state index in [2.05, 4.69) is 31.9 Å². The van der Waals surface area contributed by atoms with Gasteiger partial charge >= 0.3 is 5.97 Å². The third kappa shape index (κ3) is 5.01. The van der Waals surface area contributed by atoms with Crippen LogP contribution in [0.15, 0.2) is 30.3 Å². The van der Waals surface area contributed by atoms with Crippen LogP contribution in [-0.4, -0.2) is 80.1 Å². The van der Waals surface area contributed by atoms with Crippen molar-refractivity contribution in [2.24, 2.45) is 0 Å². The minimum Gasteiger partial charge on any atom is -0.453 e. The van der Waals surface area contributed by atoms with Gasteiger partial charge in [0.05, 0.1) is 33.5 Å². The van der Waals surface area contributed by atoms with E-state index in [1.165, 1.54) is 0 Å². The minimum atomic E-state index is -1.20. The number of carbonyl (C=O) groups is 1. The summed E-state index contributed by atoms with van der Waals surface area (Å²) in [6.07, 6.45) is -7.41. The fourth-order valence-electron chi connectivity index (χ4n) is 3.32. The standard InChI is InChI=1S/C19H24Br2O8/c1-8-13(22)14(23)11(20)19(27-8)29-16-12(21)18(25)26-9(2)15(16)28-17(24)10-6-4-3-5-7-10/h3-9,11-16,18-19,22-23,25H,1-2H3/t8-,9-,11-,12-,13-,14-,15-,16-,18-,19+/m1/s1. The molecular weight excluding hydrogens is 516 g/mol. The van der Waals surface area contributed by atoms with Gasteiger partial charge in [0.1, 0.15) is 12.2 Å². The van der Waals surface area contributed by atoms with Crippen LogP contribution < -0.4 is 0 Å². The molecule has 1 aromatic carbocycles. The van der Waals surface area contributed by atoms with Crippen LogP contribution in [0, 0.1) is 0 Å². The first-order chi connectivity index (χ1) is 13.7. The monoisotopic (exact) mass is 538 g/mol. The van der Waals surface area contributed by atoms with E-state index in [1.54, 1.807) is 44.2 Å². The third-order valence-corrected chi connectivity index (χ3v) is 6.98. The van der Waals surface area contributed by atoms with Gasteiger partial charge in [0.2, 0.25) is 0 Å². The van der Waals surface area contributed by atoms with E-state index < -0.39 is 64.8 Å². The van der Waals surface area contributed by atoms with Crippen LogP contribution in [0.5, 0.6) is 0 Å². The molecule has 0 amide bonds. The summed E-state index contributed by atoms with van der Waals surface area (Å²) < 4.78 is 22.8. The topological polar surface area (TPSA) is 115 Å². The Labute approximate surface area is 185 Å². The summed E-state index contributed by atoms with van der Waals surface area (Å²) in [4.78, 5) is 11.1. The van der Waals surface area contributed by atoms with E-state index in [4.69, 9.17) is 18.9 Å². The molecule has 162 valence electrons. The van der Waals surface area contributed by atoms with Crippen LogP contribution in [0.1, 0.15) is 24.2 Å². The maximum absolute atomic E-state index is 12.6. The zero-order valence-electron chi connectivity index (χ0n) is 15.8. The van der Waals surface area contributed by atoms with Crippen molar-refractivity contribution in [1.82, 2.24) is 0 Å². The first kappa shape index (κ1) is 23.1. The summed E-state index contributed by atoms with van der Waals surface area (Å²) in [5.41, 5.74) is 0.371. The van der Waals surface area contributed by atoms with E-state index in [1.807, 2.05) is 0 Å². The highest BCUT2D eigenvalue weighted by Gasteiger charge is 2.50. The van der Waals surface area contributed by atoms with Gasteiger partial charge in [-0.1, -0.05) is 50.1 Å². The number of benzene rings is 1. The number of aliphatic hydroxyl groups is 3. The van der Waals surface area contributed by atoms with Crippen LogP contribution in [0.25, 0.3) is 0 Å². The van der Waals surface area contributed by atoms with Crippen LogP contribution in [0.3, 0.4) is 0 Å². The summed E-state index contributed by atoms with van der Waals surface area (Å²) in [6, 6.07) is 8.50. The Bertz CT molecular complexity index is 692. The Balaban J connectivity index is 1.79. The fourth-order valence-corrected chi connectivity index (χ4v) is 4.43. The van der Waals surface area contributed by atoms with Gasteiger partial charge in [-0.25, -0.2) is 4.79 Å². The molecule has 0 aromatic heterocycles. The van der Waals surface area contributed by atoms with E-state index >= 15 is 0 Å². The lowest BCUT2D eigenvalue weighted by Gasteiger charge is -2.45. The highest BCUT2D eigenvalue weighted by molar-refractivity contribution is 9.09. The largest absolute Gasteiger partial charge is 0.453 e. The molecule has 2 saturated heterocycles. The molecule has 0 saturated carbocycles. The van der Waals surface area contributed by atoms with Crippen molar-refractivity contribution in [3.05, 3.63) is 35.9 Å². The molecule has 1 aromatic rings. The second-order valence-corrected chi connectivity index (χ2v) is 9.26. The van der Waals surface area contributed by atoms with Crippen molar-refractivity contribution in [1.29, 1.82) is 0 Å². The van der Waals surface area contributed by atoms with Crippen LogP contribution in [-0.2, 0) is 18.9 Å². The lowest BCUT2D eigenvalue weighted by Crippen LogP contribution is -2.61. The quantitative estimate of drug-likeness (QED) is 0.388. The number of halogens is 2. The summed E-state index contributed by atoms with van der Waals surface area (Å²) in [5.74, 6) is -0.556. The lowest BCUT2D eigenvalue weighted by atomic mass is 10.00. The average molecular weight is 540 g/mol. The van der Waals surface area contributed by atoms with Crippen molar-refractivity contribution in [2.45, 2.75) is 72.7 Å². The fraction of sp³-hybridized carbons (Fsp3) is 0.632. The molecule has 3 rings (SSSR count). The number of alkyl halides is 2. The van der Waals surface area contributed by atoms with Crippen molar-refractivity contribution >= 4 is 37.8 Å². The van der Waals surface area contributed by atoms with Crippen molar-refractivity contribution in [3.63, 3.8) is 0 Å². The van der Waals surface area contributed by atoms with Crippen molar-refractivity contribution < 1.29 is 39.1 Å². The molecule has 8 nitrogen and oxygen atoms in total. The zero-order chi connectivity index (χ0) is 21.3. The minimum absolute atomic E-state index is 0.371. The average Bonchev–Trinajstić information content (AvgIpc) is 2.71. The van der Waals surface area contributed by atoms with Crippen molar-refractivity contribution in [2.75, 3.05) is 0 Å². The van der Waals surface area contributed by atoms with Gasteiger partial charge in [-0.15, -0.1) is 0 Å². The van der Waals surface area contributed by atoms with Gasteiger partial charge in [0.15, 0.2) is 18.7 Å². The molecular formula is C19H24Br2O8. The van der Waals surface area contributed by atoms with Crippen LogP contribution in [0.2, 0.25) is 0 Å². The number of esters is 1. The number of rotatable bonds is 4. The van der Waals surface area contributed by atoms with Crippen LogP contribution in [0.4, 0.5) is 0 Å². The Hall–Kier alpha value is -0.590. The molecule has 10 atom stereocenters. The van der Waals surface area contributed by atoms with Crippen molar-refractivity contribution in [3.8, 4) is 0 Å². The van der Waals surface area contributed by atoms with Gasteiger partial charge in [-0.05, 0) is 26.0 Å². The first-order valence-electron chi connectivity index (χ1n) is 9.25. The molecule has 10 heteroatoms. The normalized spacial score (nSPS) is 43.0. The van der Waals surface area contributed by atoms with E-state index in [9.17, 15) is 20.1 Å². The van der Waals surface area contributed by atoms with Gasteiger partial charge in [-0.2, -0.15) is 0 Å². The second kappa shape index (κ2) is 9.69. The van der Waals surface area contributed by atoms with Gasteiger partial charge in [0, 0.05) is 0 Å². The molecule has 29 heavy (non-hydrogen) atoms. The Kier molecular flexibility index (Phi) is 7.72. The first-order valence-corrected chi connectivity index (χ1v) is 11.1. The molecule has 3 N–H and O–H groups in total. The predicted octanol–water partition coefficient (Wildman–Crippen LogP) is 1.33. The predicted molar refractivity (Wildman–Crippen MR) is 109 cm³/mol. The summed E-state index contributed by atoms with van der Waals surface area (Å²) >= 11 is 6.64. The zero-order valence-corrected chi connectivity index (χ0v) is 19.0. The molecule has 0 aliphatic carbocycles. The third-order valence-electron chi connectivity index (χ3n) is 5.04. The maximum atomic E-state index is 12.6. The molecule has 0 unspecified atom stereocenters. The van der Waals surface area contributed by atoms with Gasteiger partial charge < -0.3 is 34.3 Å². The van der Waals surface area contributed by atoms with Gasteiger partial charge in [-0.3, -0.25) is 0 Å². The maximum Gasteiger partial charge on any atom is 0.338 e. The second-order valence-electron chi connectivity index (χ2n) is 7.15. The molecule has 2 aliphatic rings. The highest BCUT2D eigenvalue weighted by Crippen LogP contribution is 2.34. The number of aliphatic hydroxyl groups excluding tert-OH is 3.